The van der Waals surface area contributed by atoms with Crippen LogP contribution in [-0.2, 0) is 12.0 Å². The summed E-state index contributed by atoms with van der Waals surface area (Å²) in [5.74, 6) is 0.285. The number of rotatable bonds is 6. The summed E-state index contributed by atoms with van der Waals surface area (Å²) in [4.78, 5) is 22.5. The molecule has 4 heteroatoms. The average molecular weight is 428 g/mol. The van der Waals surface area contributed by atoms with Crippen molar-refractivity contribution in [1.29, 1.82) is 0 Å². The molecule has 0 unspecified atom stereocenters. The molecular formula is C28H33N3O. The number of pyridine rings is 1. The van der Waals surface area contributed by atoms with E-state index in [1.54, 1.807) is 6.07 Å². The van der Waals surface area contributed by atoms with Crippen LogP contribution < -0.4 is 10.5 Å². The fraction of sp³-hybridized carbons (Fsp3) is 0.357. The number of hydrogen-bond donors (Lipinski definition) is 1. The molecular weight excluding hydrogens is 394 g/mol. The Balaban J connectivity index is 1.64. The third-order valence-electron chi connectivity index (χ3n) is 6.77. The van der Waals surface area contributed by atoms with E-state index in [-0.39, 0.29) is 11.5 Å². The van der Waals surface area contributed by atoms with Crippen LogP contribution in [-0.4, -0.2) is 24.3 Å². The minimum atomic E-state index is -0.438. The SMILES string of the molecule is CC=C1[C@H]2C=C(C)C[C@]1(N=CC=Cc1ccc(N(CC)CC)cc1)c1ccc(=O)[nH]c1C2. The fourth-order valence-electron chi connectivity index (χ4n) is 5.36. The lowest BCUT2D eigenvalue weighted by Crippen LogP contribution is -2.40. The lowest BCUT2D eigenvalue weighted by Gasteiger charge is -2.45. The summed E-state index contributed by atoms with van der Waals surface area (Å²) in [5, 5.41) is 0. The number of nitrogens with zero attached hydrogens (tertiary/aromatic N) is 2. The first-order chi connectivity index (χ1) is 15.5. The number of benzene rings is 1. The predicted molar refractivity (Wildman–Crippen MR) is 136 cm³/mol. The number of H-pyrrole nitrogens is 1. The van der Waals surface area contributed by atoms with Crippen LogP contribution in [0.4, 0.5) is 5.69 Å². The molecule has 0 amide bonds. The molecule has 4 nitrogen and oxygen atoms in total. The van der Waals surface area contributed by atoms with E-state index in [9.17, 15) is 4.79 Å². The van der Waals surface area contributed by atoms with Gasteiger partial charge in [-0.15, -0.1) is 0 Å². The molecule has 2 atom stereocenters. The molecule has 2 bridgehead atoms. The van der Waals surface area contributed by atoms with E-state index in [0.29, 0.717) is 0 Å². The van der Waals surface area contributed by atoms with Crippen LogP contribution in [0.3, 0.4) is 0 Å². The Bertz CT molecular complexity index is 1150. The topological polar surface area (TPSA) is 48.5 Å². The molecule has 1 N–H and O–H groups in total. The maximum Gasteiger partial charge on any atom is 0.248 e. The van der Waals surface area contributed by atoms with E-state index < -0.39 is 5.54 Å². The van der Waals surface area contributed by atoms with E-state index in [1.165, 1.54) is 16.8 Å². The summed E-state index contributed by atoms with van der Waals surface area (Å²) in [6.45, 7) is 10.7. The maximum atomic E-state index is 12.0. The molecule has 1 heterocycles. The number of fused-ring (bicyclic) bond motifs is 4. The number of hydrogen-bond acceptors (Lipinski definition) is 3. The Hall–Kier alpha value is -3.14. The third kappa shape index (κ3) is 4.02. The zero-order valence-electron chi connectivity index (χ0n) is 19.6. The van der Waals surface area contributed by atoms with Crippen molar-refractivity contribution in [3.8, 4) is 0 Å². The zero-order valence-corrected chi connectivity index (χ0v) is 19.6. The summed E-state index contributed by atoms with van der Waals surface area (Å²) < 4.78 is 0. The normalized spacial score (nSPS) is 23.6. The van der Waals surface area contributed by atoms with Crippen LogP contribution in [0.5, 0.6) is 0 Å². The first-order valence-corrected chi connectivity index (χ1v) is 11.6. The molecule has 4 rings (SSSR count). The van der Waals surface area contributed by atoms with Gasteiger partial charge in [0.05, 0.1) is 0 Å². The first kappa shape index (κ1) is 22.1. The van der Waals surface area contributed by atoms with Gasteiger partial charge in [-0.2, -0.15) is 0 Å². The van der Waals surface area contributed by atoms with Gasteiger partial charge >= 0.3 is 0 Å². The van der Waals surface area contributed by atoms with Crippen molar-refractivity contribution in [3.05, 3.63) is 92.9 Å². The standard InChI is InChI=1S/C28H33N3O/c1-5-24-22-17-20(4)19-28(24,25-14-15-27(32)30-26(25)18-22)29-16-8-9-21-10-12-23(13-11-21)31(6-2)7-3/h5,8-17,22H,6-7,18-19H2,1-4H3,(H,30,32)/t22-,28+/m0/s1. The fourth-order valence-corrected chi connectivity index (χ4v) is 5.36. The highest BCUT2D eigenvalue weighted by Gasteiger charge is 2.46. The van der Waals surface area contributed by atoms with E-state index in [0.717, 1.165) is 42.8 Å². The Kier molecular flexibility index (Phi) is 6.31. The number of nitrogens with one attached hydrogen (secondary N) is 1. The molecule has 2 aliphatic carbocycles. The highest BCUT2D eigenvalue weighted by molar-refractivity contribution is 5.79. The molecule has 2 aromatic rings. The van der Waals surface area contributed by atoms with Gasteiger partial charge in [0.2, 0.25) is 5.56 Å². The van der Waals surface area contributed by atoms with Crippen molar-refractivity contribution in [3.63, 3.8) is 0 Å². The van der Waals surface area contributed by atoms with Crippen molar-refractivity contribution >= 4 is 18.0 Å². The van der Waals surface area contributed by atoms with Crippen molar-refractivity contribution in [2.24, 2.45) is 10.9 Å². The summed E-state index contributed by atoms with van der Waals surface area (Å²) in [5.41, 5.74) is 6.75. The third-order valence-corrected chi connectivity index (χ3v) is 6.77. The van der Waals surface area contributed by atoms with Crippen LogP contribution in [0.1, 0.15) is 50.9 Å². The molecule has 0 saturated carbocycles. The summed E-state index contributed by atoms with van der Waals surface area (Å²) in [6.07, 6.45) is 12.3. The quantitative estimate of drug-likeness (QED) is 0.477. The Morgan fingerprint density at radius 3 is 2.59 bits per heavy atom. The summed E-state index contributed by atoms with van der Waals surface area (Å²) in [7, 11) is 0. The van der Waals surface area contributed by atoms with Gasteiger partial charge in [-0.3, -0.25) is 9.79 Å². The second kappa shape index (κ2) is 9.15. The molecule has 0 saturated heterocycles. The van der Waals surface area contributed by atoms with Gasteiger partial charge in [0.25, 0.3) is 0 Å². The second-order valence-corrected chi connectivity index (χ2v) is 8.72. The molecule has 0 spiro atoms. The molecule has 0 aliphatic heterocycles. The molecule has 0 fully saturated rings. The molecule has 0 radical (unpaired) electrons. The summed E-state index contributed by atoms with van der Waals surface area (Å²) >= 11 is 0. The van der Waals surface area contributed by atoms with Crippen LogP contribution in [0.25, 0.3) is 6.08 Å². The van der Waals surface area contributed by atoms with Gasteiger partial charge in [-0.25, -0.2) is 0 Å². The van der Waals surface area contributed by atoms with Gasteiger partial charge in [-0.1, -0.05) is 35.9 Å². The van der Waals surface area contributed by atoms with Crippen LogP contribution in [0.15, 0.2) is 75.6 Å². The Labute approximate surface area is 191 Å². The van der Waals surface area contributed by atoms with Gasteiger partial charge in [0.1, 0.15) is 5.54 Å². The largest absolute Gasteiger partial charge is 0.372 e. The smallest absolute Gasteiger partial charge is 0.248 e. The van der Waals surface area contributed by atoms with Gasteiger partial charge in [-0.05, 0) is 69.5 Å². The highest BCUT2D eigenvalue weighted by Crippen LogP contribution is 2.51. The summed E-state index contributed by atoms with van der Waals surface area (Å²) in [6, 6.07) is 12.3. The number of allylic oxidation sites excluding steroid dienone is 3. The lowest BCUT2D eigenvalue weighted by atomic mass is 9.63. The van der Waals surface area contributed by atoms with Crippen molar-refractivity contribution in [1.82, 2.24) is 4.98 Å². The molecule has 2 aliphatic rings. The second-order valence-electron chi connectivity index (χ2n) is 8.72. The number of aliphatic imine (C=N–C) groups is 1. The van der Waals surface area contributed by atoms with Crippen molar-refractivity contribution in [2.45, 2.75) is 46.1 Å². The van der Waals surface area contributed by atoms with E-state index in [2.05, 4.69) is 80.1 Å². The van der Waals surface area contributed by atoms with Gasteiger partial charge in [0.15, 0.2) is 0 Å². The van der Waals surface area contributed by atoms with Crippen LogP contribution >= 0.6 is 0 Å². The minimum Gasteiger partial charge on any atom is -0.372 e. The minimum absolute atomic E-state index is 0.0429. The number of aromatic nitrogens is 1. The van der Waals surface area contributed by atoms with Crippen LogP contribution in [0.2, 0.25) is 0 Å². The zero-order chi connectivity index (χ0) is 22.7. The molecule has 32 heavy (non-hydrogen) atoms. The Morgan fingerprint density at radius 2 is 1.91 bits per heavy atom. The van der Waals surface area contributed by atoms with Crippen molar-refractivity contribution in [2.75, 3.05) is 18.0 Å². The monoisotopic (exact) mass is 427 g/mol. The van der Waals surface area contributed by atoms with E-state index in [1.807, 2.05) is 18.4 Å². The van der Waals surface area contributed by atoms with Crippen LogP contribution in [0, 0.1) is 5.92 Å². The first-order valence-electron chi connectivity index (χ1n) is 11.6. The van der Waals surface area contributed by atoms with Crippen molar-refractivity contribution < 1.29 is 0 Å². The molecule has 166 valence electrons. The van der Waals surface area contributed by atoms with E-state index in [4.69, 9.17) is 4.99 Å². The lowest BCUT2D eigenvalue weighted by molar-refractivity contribution is 0.413. The van der Waals surface area contributed by atoms with Gasteiger partial charge < -0.3 is 9.88 Å². The van der Waals surface area contributed by atoms with E-state index >= 15 is 0 Å². The highest BCUT2D eigenvalue weighted by atomic mass is 16.1. The number of aromatic amines is 1. The molecule has 1 aromatic carbocycles. The predicted octanol–water partition coefficient (Wildman–Crippen LogP) is 5.67. The average Bonchev–Trinajstić information content (AvgIpc) is 2.78. The van der Waals surface area contributed by atoms with Gasteiger partial charge in [0, 0.05) is 54.7 Å². The molecule has 1 aromatic heterocycles. The number of anilines is 1. The maximum absolute atomic E-state index is 12.0. The Morgan fingerprint density at radius 1 is 1.16 bits per heavy atom.